The lowest BCUT2D eigenvalue weighted by Crippen LogP contribution is -2.48. The predicted octanol–water partition coefficient (Wildman–Crippen LogP) is 3.53. The second-order valence-corrected chi connectivity index (χ2v) is 9.01. The first-order valence-corrected chi connectivity index (χ1v) is 11.8. The van der Waals surface area contributed by atoms with Crippen LogP contribution in [0.1, 0.15) is 38.7 Å². The number of aromatic hydroxyl groups is 1. The highest BCUT2D eigenvalue weighted by Crippen LogP contribution is 2.31. The zero-order valence-electron chi connectivity index (χ0n) is 19.5. The first-order chi connectivity index (χ1) is 16.0. The average molecular weight is 455 g/mol. The number of phenols is 1. The van der Waals surface area contributed by atoms with Gasteiger partial charge in [-0.15, -0.1) is 0 Å². The number of benzene rings is 2. The fourth-order valence-corrected chi connectivity index (χ4v) is 4.63. The van der Waals surface area contributed by atoms with Crippen molar-refractivity contribution in [3.8, 4) is 23.0 Å². The van der Waals surface area contributed by atoms with Crippen molar-refractivity contribution in [1.29, 1.82) is 0 Å². The minimum Gasteiger partial charge on any atom is -0.508 e. The molecular weight excluding hydrogens is 420 g/mol. The molecule has 0 aromatic heterocycles. The van der Waals surface area contributed by atoms with Crippen LogP contribution in [0.2, 0.25) is 0 Å². The van der Waals surface area contributed by atoms with E-state index in [2.05, 4.69) is 30.1 Å². The summed E-state index contributed by atoms with van der Waals surface area (Å²) in [4.78, 5) is 15.3. The summed E-state index contributed by atoms with van der Waals surface area (Å²) in [5.74, 6) is 2.34. The molecule has 4 rings (SSSR count). The predicted molar refractivity (Wildman–Crippen MR) is 126 cm³/mol. The molecule has 0 radical (unpaired) electrons. The smallest absolute Gasteiger partial charge is 0.223 e. The van der Waals surface area contributed by atoms with Crippen molar-refractivity contribution < 1.29 is 24.1 Å². The van der Waals surface area contributed by atoms with Crippen LogP contribution in [-0.4, -0.2) is 60.4 Å². The van der Waals surface area contributed by atoms with Gasteiger partial charge in [0.1, 0.15) is 24.7 Å². The average Bonchev–Trinajstić information content (AvgIpc) is 3.12. The molecule has 3 unspecified atom stereocenters. The van der Waals surface area contributed by atoms with Crippen molar-refractivity contribution in [1.82, 2.24) is 10.2 Å². The third-order valence-electron chi connectivity index (χ3n) is 6.45. The van der Waals surface area contributed by atoms with Gasteiger partial charge in [0.2, 0.25) is 5.91 Å². The standard InChI is InChI=1S/C26H34N2O5/c1-18-3-4-19(2)28(18)17-21(15-20-5-10-24-25(16-20)33-14-13-32-24)27-26(30)11-12-31-23-8-6-22(29)7-9-23/h5-10,16,18-19,21,29H,3-4,11-15,17H2,1-2H3,(H,27,30). The van der Waals surface area contributed by atoms with Gasteiger partial charge in [-0.2, -0.15) is 0 Å². The van der Waals surface area contributed by atoms with Crippen molar-refractivity contribution in [2.24, 2.45) is 0 Å². The van der Waals surface area contributed by atoms with E-state index in [1.165, 1.54) is 12.8 Å². The van der Waals surface area contributed by atoms with Gasteiger partial charge < -0.3 is 24.6 Å². The highest BCUT2D eigenvalue weighted by atomic mass is 16.6. The highest BCUT2D eigenvalue weighted by molar-refractivity contribution is 5.76. The summed E-state index contributed by atoms with van der Waals surface area (Å²) in [5, 5.41) is 12.6. The molecule has 1 amide bonds. The molecule has 2 aliphatic rings. The molecule has 2 aliphatic heterocycles. The van der Waals surface area contributed by atoms with E-state index < -0.39 is 0 Å². The summed E-state index contributed by atoms with van der Waals surface area (Å²) in [7, 11) is 0. The maximum Gasteiger partial charge on any atom is 0.223 e. The quantitative estimate of drug-likeness (QED) is 0.603. The Labute approximate surface area is 195 Å². The molecule has 2 N–H and O–H groups in total. The number of nitrogens with one attached hydrogen (secondary N) is 1. The second kappa shape index (κ2) is 10.8. The SMILES string of the molecule is CC1CCC(C)N1CC(Cc1ccc2c(c1)OCCO2)NC(=O)CCOc1ccc(O)cc1. The summed E-state index contributed by atoms with van der Waals surface area (Å²) in [6.07, 6.45) is 3.36. The Hall–Kier alpha value is -2.93. The molecule has 2 aromatic carbocycles. The molecule has 33 heavy (non-hydrogen) atoms. The number of amides is 1. The fourth-order valence-electron chi connectivity index (χ4n) is 4.63. The van der Waals surface area contributed by atoms with Gasteiger partial charge in [-0.1, -0.05) is 6.07 Å². The maximum absolute atomic E-state index is 12.8. The number of hydrogen-bond acceptors (Lipinski definition) is 6. The van der Waals surface area contributed by atoms with Crippen molar-refractivity contribution in [2.75, 3.05) is 26.4 Å². The largest absolute Gasteiger partial charge is 0.508 e. The lowest BCUT2D eigenvalue weighted by atomic mass is 10.0. The van der Waals surface area contributed by atoms with Crippen LogP contribution in [0.4, 0.5) is 0 Å². The van der Waals surface area contributed by atoms with E-state index in [-0.39, 0.29) is 30.7 Å². The molecule has 2 aromatic rings. The van der Waals surface area contributed by atoms with Crippen LogP contribution >= 0.6 is 0 Å². The number of carbonyl (C=O) groups excluding carboxylic acids is 1. The van der Waals surface area contributed by atoms with Gasteiger partial charge in [-0.05, 0) is 75.1 Å². The van der Waals surface area contributed by atoms with Gasteiger partial charge in [0.15, 0.2) is 11.5 Å². The topological polar surface area (TPSA) is 80.3 Å². The Morgan fingerprint density at radius 2 is 1.79 bits per heavy atom. The third-order valence-corrected chi connectivity index (χ3v) is 6.45. The number of nitrogens with zero attached hydrogens (tertiary/aromatic N) is 1. The fraction of sp³-hybridized carbons (Fsp3) is 0.500. The molecule has 3 atom stereocenters. The summed E-state index contributed by atoms with van der Waals surface area (Å²) < 4.78 is 17.0. The zero-order valence-corrected chi connectivity index (χ0v) is 19.5. The third kappa shape index (κ3) is 6.32. The molecule has 0 aliphatic carbocycles. The zero-order chi connectivity index (χ0) is 23.2. The number of ether oxygens (including phenoxy) is 3. The number of fused-ring (bicyclic) bond motifs is 1. The lowest BCUT2D eigenvalue weighted by Gasteiger charge is -2.31. The molecule has 0 bridgehead atoms. The van der Waals surface area contributed by atoms with Crippen molar-refractivity contribution in [3.63, 3.8) is 0 Å². The van der Waals surface area contributed by atoms with Crippen molar-refractivity contribution >= 4 is 5.91 Å². The van der Waals surface area contributed by atoms with Gasteiger partial charge >= 0.3 is 0 Å². The van der Waals surface area contributed by atoms with Gasteiger partial charge in [0.05, 0.1) is 13.0 Å². The monoisotopic (exact) mass is 454 g/mol. The van der Waals surface area contributed by atoms with E-state index in [1.54, 1.807) is 24.3 Å². The molecule has 178 valence electrons. The molecule has 2 heterocycles. The van der Waals surface area contributed by atoms with Gasteiger partial charge in [-0.3, -0.25) is 9.69 Å². The molecule has 1 saturated heterocycles. The number of phenolic OH excluding ortho intramolecular Hbond substituents is 1. The first-order valence-electron chi connectivity index (χ1n) is 11.8. The number of likely N-dealkylation sites (tertiary alicyclic amines) is 1. The summed E-state index contributed by atoms with van der Waals surface area (Å²) in [6.45, 7) is 6.74. The lowest BCUT2D eigenvalue weighted by molar-refractivity contribution is -0.122. The molecular formula is C26H34N2O5. The number of carbonyl (C=O) groups is 1. The van der Waals surface area contributed by atoms with Gasteiger partial charge in [0, 0.05) is 24.7 Å². The van der Waals surface area contributed by atoms with Crippen LogP contribution in [0.5, 0.6) is 23.0 Å². The molecule has 7 heteroatoms. The van der Waals surface area contributed by atoms with E-state index in [0.29, 0.717) is 31.0 Å². The van der Waals surface area contributed by atoms with E-state index >= 15 is 0 Å². The molecule has 1 fully saturated rings. The van der Waals surface area contributed by atoms with E-state index in [0.717, 1.165) is 30.0 Å². The van der Waals surface area contributed by atoms with Crippen LogP contribution in [0.25, 0.3) is 0 Å². The second-order valence-electron chi connectivity index (χ2n) is 9.01. The molecule has 0 spiro atoms. The normalized spacial score (nSPS) is 20.9. The Bertz CT molecular complexity index is 923. The summed E-state index contributed by atoms with van der Waals surface area (Å²) in [5.41, 5.74) is 1.12. The first kappa shape index (κ1) is 23.2. The minimum atomic E-state index is -0.0316. The summed E-state index contributed by atoms with van der Waals surface area (Å²) in [6, 6.07) is 13.5. The van der Waals surface area contributed by atoms with E-state index in [9.17, 15) is 9.90 Å². The maximum atomic E-state index is 12.8. The minimum absolute atomic E-state index is 0.0169. The molecule has 7 nitrogen and oxygen atoms in total. The Morgan fingerprint density at radius 3 is 2.52 bits per heavy atom. The Balaban J connectivity index is 1.37. The van der Waals surface area contributed by atoms with Crippen LogP contribution in [-0.2, 0) is 11.2 Å². The molecule has 0 saturated carbocycles. The van der Waals surface area contributed by atoms with E-state index in [4.69, 9.17) is 14.2 Å². The van der Waals surface area contributed by atoms with Crippen molar-refractivity contribution in [3.05, 3.63) is 48.0 Å². The number of rotatable bonds is 9. The van der Waals surface area contributed by atoms with Gasteiger partial charge in [-0.25, -0.2) is 0 Å². The number of hydrogen-bond donors (Lipinski definition) is 2. The highest BCUT2D eigenvalue weighted by Gasteiger charge is 2.30. The Kier molecular flexibility index (Phi) is 7.60. The van der Waals surface area contributed by atoms with Crippen LogP contribution in [0.15, 0.2) is 42.5 Å². The van der Waals surface area contributed by atoms with E-state index in [1.807, 2.05) is 12.1 Å². The van der Waals surface area contributed by atoms with Crippen LogP contribution in [0.3, 0.4) is 0 Å². The van der Waals surface area contributed by atoms with Crippen LogP contribution in [0, 0.1) is 0 Å². The Morgan fingerprint density at radius 1 is 1.09 bits per heavy atom. The summed E-state index contributed by atoms with van der Waals surface area (Å²) >= 11 is 0. The van der Waals surface area contributed by atoms with Gasteiger partial charge in [0.25, 0.3) is 0 Å². The van der Waals surface area contributed by atoms with Crippen LogP contribution < -0.4 is 19.5 Å². The van der Waals surface area contributed by atoms with Crippen molar-refractivity contribution in [2.45, 2.75) is 57.7 Å².